The van der Waals surface area contributed by atoms with Crippen molar-refractivity contribution >= 4 is 30.1 Å². The van der Waals surface area contributed by atoms with Crippen molar-refractivity contribution in [3.63, 3.8) is 0 Å². The summed E-state index contributed by atoms with van der Waals surface area (Å²) in [6.07, 6.45) is 1.94. The highest BCUT2D eigenvalue weighted by molar-refractivity contribution is 5.99. The van der Waals surface area contributed by atoms with Gasteiger partial charge in [0.2, 0.25) is 11.6 Å². The van der Waals surface area contributed by atoms with Crippen LogP contribution in [0.4, 0.5) is 10.6 Å². The molecular formula is C22H29N7O5. The number of aliphatic imine (C=N–C) groups is 1. The highest BCUT2D eigenvalue weighted by Gasteiger charge is 2.50. The average Bonchev–Trinajstić information content (AvgIpc) is 3.27. The third kappa shape index (κ3) is 5.97. The van der Waals surface area contributed by atoms with Crippen LogP contribution in [0.5, 0.6) is 0 Å². The van der Waals surface area contributed by atoms with Gasteiger partial charge in [0.1, 0.15) is 24.2 Å². The molecule has 0 saturated heterocycles. The second-order valence-electron chi connectivity index (χ2n) is 8.54. The summed E-state index contributed by atoms with van der Waals surface area (Å²) in [6, 6.07) is 9.10. The summed E-state index contributed by atoms with van der Waals surface area (Å²) in [5.74, 6) is -1.17. The van der Waals surface area contributed by atoms with E-state index in [0.29, 0.717) is 0 Å². The highest BCUT2D eigenvalue weighted by Crippen LogP contribution is 2.33. The summed E-state index contributed by atoms with van der Waals surface area (Å²) >= 11 is 0. The minimum absolute atomic E-state index is 0.0180. The molecule has 1 aromatic heterocycles. The van der Waals surface area contributed by atoms with Crippen molar-refractivity contribution in [2.24, 2.45) is 10.7 Å². The molecule has 0 radical (unpaired) electrons. The van der Waals surface area contributed by atoms with E-state index < -0.39 is 29.2 Å². The number of benzene rings is 1. The van der Waals surface area contributed by atoms with E-state index in [0.717, 1.165) is 16.8 Å². The molecule has 3 rings (SSSR count). The number of carbonyl (C=O) groups excluding carboxylic acids is 3. The number of fused-ring (bicyclic) bond motifs is 1. The molecule has 1 aliphatic heterocycles. The zero-order chi connectivity index (χ0) is 24.8. The molecule has 1 aliphatic rings. The fraction of sp³-hybridized carbons (Fsp3) is 0.409. The zero-order valence-corrected chi connectivity index (χ0v) is 19.3. The highest BCUT2D eigenvalue weighted by atomic mass is 16.6. The van der Waals surface area contributed by atoms with Gasteiger partial charge in [-0.05, 0) is 26.3 Å². The number of esters is 1. The van der Waals surface area contributed by atoms with Crippen LogP contribution in [0, 0.1) is 0 Å². The number of hydrogen-bond donors (Lipinski definition) is 4. The molecule has 12 nitrogen and oxygen atoms in total. The zero-order valence-electron chi connectivity index (χ0n) is 19.3. The molecule has 0 spiro atoms. The Morgan fingerprint density at radius 2 is 1.91 bits per heavy atom. The summed E-state index contributed by atoms with van der Waals surface area (Å²) in [5, 5.41) is 5.48. The fourth-order valence-corrected chi connectivity index (χ4v) is 3.13. The molecule has 2 amide bonds. The Balaban J connectivity index is 1.60. The molecule has 0 aliphatic carbocycles. The van der Waals surface area contributed by atoms with Gasteiger partial charge in [-0.15, -0.1) is 0 Å². The van der Waals surface area contributed by atoms with Gasteiger partial charge in [0.25, 0.3) is 0 Å². The van der Waals surface area contributed by atoms with Crippen molar-refractivity contribution in [2.45, 2.75) is 38.6 Å². The molecule has 0 bridgehead atoms. The predicted octanol–water partition coefficient (Wildman–Crippen LogP) is 0.881. The normalized spacial score (nSPS) is 17.1. The van der Waals surface area contributed by atoms with Gasteiger partial charge in [-0.1, -0.05) is 30.3 Å². The lowest BCUT2D eigenvalue weighted by Gasteiger charge is -2.37. The Morgan fingerprint density at radius 1 is 1.18 bits per heavy atom. The molecule has 182 valence electrons. The van der Waals surface area contributed by atoms with Gasteiger partial charge in [0.15, 0.2) is 5.82 Å². The number of carbonyl (C=O) groups is 3. The molecule has 1 aromatic carbocycles. The summed E-state index contributed by atoms with van der Waals surface area (Å²) in [7, 11) is 0. The van der Waals surface area contributed by atoms with Crippen LogP contribution in [0.3, 0.4) is 0 Å². The van der Waals surface area contributed by atoms with Crippen LogP contribution < -0.4 is 16.4 Å². The number of aromatic nitrogens is 2. The number of aromatic amines is 1. The second kappa shape index (κ2) is 10.4. The van der Waals surface area contributed by atoms with Gasteiger partial charge >= 0.3 is 12.1 Å². The first kappa shape index (κ1) is 24.9. The lowest BCUT2D eigenvalue weighted by molar-refractivity contribution is -0.162. The number of imidazole rings is 1. The minimum atomic E-state index is -1.98. The lowest BCUT2D eigenvalue weighted by Crippen LogP contribution is -2.63. The summed E-state index contributed by atoms with van der Waals surface area (Å²) in [6.45, 7) is 5.61. The second-order valence-corrected chi connectivity index (χ2v) is 8.54. The summed E-state index contributed by atoms with van der Waals surface area (Å²) in [4.78, 5) is 49.7. The van der Waals surface area contributed by atoms with Crippen LogP contribution in [0.2, 0.25) is 0 Å². The van der Waals surface area contributed by atoms with Crippen LogP contribution >= 0.6 is 0 Å². The molecule has 5 N–H and O–H groups in total. The first-order chi connectivity index (χ1) is 16.1. The molecule has 1 unspecified atom stereocenters. The van der Waals surface area contributed by atoms with Crippen molar-refractivity contribution in [3.8, 4) is 0 Å². The Labute approximate surface area is 196 Å². The Bertz CT molecular complexity index is 1050. The SMILES string of the molecule is CC(C)(C)OC(=O)NCCNCC(=O)N1C=Nc2nc[nH]c2C1(N)C(=O)OCc1ccccc1. The number of rotatable bonds is 8. The Morgan fingerprint density at radius 3 is 2.62 bits per heavy atom. The minimum Gasteiger partial charge on any atom is -0.458 e. The average molecular weight is 472 g/mol. The molecule has 12 heteroatoms. The first-order valence-corrected chi connectivity index (χ1v) is 10.7. The largest absolute Gasteiger partial charge is 0.458 e. The number of ether oxygens (including phenoxy) is 2. The van der Waals surface area contributed by atoms with Crippen LogP contribution in [0.1, 0.15) is 32.0 Å². The van der Waals surface area contributed by atoms with Gasteiger partial charge < -0.3 is 25.1 Å². The van der Waals surface area contributed by atoms with Gasteiger partial charge in [0, 0.05) is 13.1 Å². The van der Waals surface area contributed by atoms with Gasteiger partial charge in [0.05, 0.1) is 12.9 Å². The van der Waals surface area contributed by atoms with Crippen molar-refractivity contribution in [1.82, 2.24) is 25.5 Å². The van der Waals surface area contributed by atoms with E-state index in [2.05, 4.69) is 25.6 Å². The first-order valence-electron chi connectivity index (χ1n) is 10.7. The molecule has 1 atom stereocenters. The van der Waals surface area contributed by atoms with Crippen LogP contribution in [0.25, 0.3) is 0 Å². The molecule has 0 fully saturated rings. The lowest BCUT2D eigenvalue weighted by atomic mass is 10.0. The van der Waals surface area contributed by atoms with Crippen LogP contribution in [0.15, 0.2) is 41.7 Å². The van der Waals surface area contributed by atoms with Crippen molar-refractivity contribution in [1.29, 1.82) is 0 Å². The van der Waals surface area contributed by atoms with Crippen LogP contribution in [-0.2, 0) is 31.3 Å². The molecule has 2 aromatic rings. The van der Waals surface area contributed by atoms with E-state index in [1.807, 2.05) is 18.2 Å². The number of amides is 2. The summed E-state index contributed by atoms with van der Waals surface area (Å²) < 4.78 is 10.6. The van der Waals surface area contributed by atoms with E-state index in [4.69, 9.17) is 15.2 Å². The van der Waals surface area contributed by atoms with E-state index >= 15 is 0 Å². The van der Waals surface area contributed by atoms with E-state index in [-0.39, 0.29) is 37.8 Å². The third-order valence-electron chi connectivity index (χ3n) is 4.71. The van der Waals surface area contributed by atoms with E-state index in [1.165, 1.54) is 6.33 Å². The monoisotopic (exact) mass is 471 g/mol. The number of nitrogens with zero attached hydrogens (tertiary/aromatic N) is 3. The Hall–Kier alpha value is -3.77. The smallest absolute Gasteiger partial charge is 0.407 e. The van der Waals surface area contributed by atoms with Crippen molar-refractivity contribution < 1.29 is 23.9 Å². The van der Waals surface area contributed by atoms with Gasteiger partial charge in [-0.25, -0.2) is 19.6 Å². The maximum absolute atomic E-state index is 13.1. The molecule has 0 saturated carbocycles. The fourth-order valence-electron chi connectivity index (χ4n) is 3.13. The number of nitrogens with two attached hydrogens (primary N) is 1. The Kier molecular flexibility index (Phi) is 7.64. The maximum atomic E-state index is 13.1. The molecule has 2 heterocycles. The quantitative estimate of drug-likeness (QED) is 0.325. The van der Waals surface area contributed by atoms with Crippen LogP contribution in [-0.4, -0.2) is 64.4 Å². The topological polar surface area (TPSA) is 164 Å². The van der Waals surface area contributed by atoms with E-state index in [1.54, 1.807) is 32.9 Å². The number of nitrogens with one attached hydrogen (secondary N) is 3. The standard InChI is InChI=1S/C22H29N7O5/c1-21(2,3)34-20(32)25-10-9-24-11-16(30)29-14-28-18-17(26-13-27-18)22(29,23)19(31)33-12-15-7-5-4-6-8-15/h4-8,13-14,24H,9-12,23H2,1-3H3,(H,25,32)(H,26,27). The number of H-pyrrole nitrogens is 1. The molecular weight excluding hydrogens is 442 g/mol. The van der Waals surface area contributed by atoms with E-state index in [9.17, 15) is 14.4 Å². The third-order valence-corrected chi connectivity index (χ3v) is 4.71. The number of alkyl carbamates (subject to hydrolysis) is 1. The van der Waals surface area contributed by atoms with Crippen molar-refractivity contribution in [3.05, 3.63) is 47.9 Å². The molecule has 34 heavy (non-hydrogen) atoms. The van der Waals surface area contributed by atoms with Gasteiger partial charge in [-0.2, -0.15) is 0 Å². The number of hydrogen-bond acceptors (Lipinski definition) is 9. The maximum Gasteiger partial charge on any atom is 0.407 e. The van der Waals surface area contributed by atoms with Crippen molar-refractivity contribution in [2.75, 3.05) is 19.6 Å². The van der Waals surface area contributed by atoms with Gasteiger partial charge in [-0.3, -0.25) is 15.4 Å². The summed E-state index contributed by atoms with van der Waals surface area (Å²) in [5.41, 5.74) is 4.80. The predicted molar refractivity (Wildman–Crippen MR) is 123 cm³/mol.